The first-order valence-corrected chi connectivity index (χ1v) is 9.21. The van der Waals surface area contributed by atoms with Crippen LogP contribution in [0.2, 0.25) is 0 Å². The van der Waals surface area contributed by atoms with Crippen LogP contribution in [-0.4, -0.2) is 29.2 Å². The molecule has 2 aromatic heterocycles. The minimum Gasteiger partial charge on any atom is -0.459 e. The Morgan fingerprint density at radius 2 is 1.87 bits per heavy atom. The van der Waals surface area contributed by atoms with Crippen LogP contribution in [0.5, 0.6) is 0 Å². The summed E-state index contributed by atoms with van der Waals surface area (Å²) >= 11 is 0. The van der Waals surface area contributed by atoms with Gasteiger partial charge in [-0.15, -0.1) is 0 Å². The molecular weight excluding hydrogens is 393 g/mol. The molecule has 0 aliphatic rings. The van der Waals surface area contributed by atoms with Gasteiger partial charge in [0, 0.05) is 10.9 Å². The van der Waals surface area contributed by atoms with Crippen molar-refractivity contribution in [1.82, 2.24) is 15.3 Å². The summed E-state index contributed by atoms with van der Waals surface area (Å²) in [5.41, 5.74) is 1.65. The summed E-state index contributed by atoms with van der Waals surface area (Å²) in [5, 5.41) is 8.48. The van der Waals surface area contributed by atoms with Gasteiger partial charge >= 0.3 is 12.1 Å². The van der Waals surface area contributed by atoms with Crippen molar-refractivity contribution in [1.29, 1.82) is 0 Å². The van der Waals surface area contributed by atoms with E-state index >= 15 is 0 Å². The number of methoxy groups -OCH3 is 1. The van der Waals surface area contributed by atoms with Gasteiger partial charge in [0.25, 0.3) is 0 Å². The molecule has 158 valence electrons. The number of rotatable bonds is 5. The molecule has 1 unspecified atom stereocenters. The summed E-state index contributed by atoms with van der Waals surface area (Å²) in [7, 11) is 1.22. The number of benzene rings is 1. The van der Waals surface area contributed by atoms with Crippen LogP contribution >= 0.6 is 0 Å². The van der Waals surface area contributed by atoms with Crippen LogP contribution in [0.15, 0.2) is 35.0 Å². The number of hydrogen-bond acceptors (Lipinski definition) is 6. The average molecular weight is 415 g/mol. The number of carbonyl (C=O) groups excluding carboxylic acids is 2. The number of nitrogens with zero attached hydrogens (tertiary/aromatic N) is 2. The zero-order valence-corrected chi connectivity index (χ0v) is 16.9. The quantitative estimate of drug-likeness (QED) is 0.569. The third kappa shape index (κ3) is 4.65. The number of ether oxygens (including phenoxy) is 1. The lowest BCUT2D eigenvalue weighted by molar-refractivity contribution is 0.186. The van der Waals surface area contributed by atoms with Gasteiger partial charge in [-0.3, -0.25) is 5.32 Å². The molecular formula is C20H22FN5O4. The molecule has 0 radical (unpaired) electrons. The van der Waals surface area contributed by atoms with Crippen LogP contribution in [0.3, 0.4) is 0 Å². The molecule has 30 heavy (non-hydrogen) atoms. The van der Waals surface area contributed by atoms with Crippen LogP contribution in [0.1, 0.15) is 31.2 Å². The summed E-state index contributed by atoms with van der Waals surface area (Å²) in [4.78, 5) is 31.5. The van der Waals surface area contributed by atoms with E-state index in [0.29, 0.717) is 22.4 Å². The average Bonchev–Trinajstić information content (AvgIpc) is 3.03. The van der Waals surface area contributed by atoms with E-state index in [9.17, 15) is 14.0 Å². The molecule has 3 aromatic rings. The van der Waals surface area contributed by atoms with Crippen molar-refractivity contribution in [3.63, 3.8) is 0 Å². The van der Waals surface area contributed by atoms with Crippen LogP contribution in [0, 0.1) is 18.7 Å². The lowest BCUT2D eigenvalue weighted by atomic mass is 9.98. The Hall–Kier alpha value is -3.69. The standard InChI is InChI=1S/C20H22FN5O4/c1-10(2)16(17-11(3)14-7-12(21)5-6-15(14)30-17)25-19(27)24-13-8-22-18(23-9-13)26-20(28)29-4/h5-10,16H,1-4H3,(H2,24,25,27)(H,22,23,26,28). The number of anilines is 2. The molecule has 0 aliphatic heterocycles. The normalized spacial score (nSPS) is 11.9. The van der Waals surface area contributed by atoms with E-state index in [0.717, 1.165) is 5.56 Å². The molecule has 3 rings (SSSR count). The number of carbonyl (C=O) groups is 2. The summed E-state index contributed by atoms with van der Waals surface area (Å²) in [6.45, 7) is 5.71. The zero-order chi connectivity index (χ0) is 21.8. The van der Waals surface area contributed by atoms with Gasteiger partial charge in [0.1, 0.15) is 17.2 Å². The fraction of sp³-hybridized carbons (Fsp3) is 0.300. The third-order valence-corrected chi connectivity index (χ3v) is 4.48. The molecule has 9 nitrogen and oxygen atoms in total. The van der Waals surface area contributed by atoms with E-state index in [2.05, 4.69) is 30.7 Å². The fourth-order valence-corrected chi connectivity index (χ4v) is 2.95. The maximum atomic E-state index is 13.6. The number of urea groups is 1. The van der Waals surface area contributed by atoms with Gasteiger partial charge < -0.3 is 19.8 Å². The molecule has 0 aliphatic carbocycles. The molecule has 0 saturated heterocycles. The van der Waals surface area contributed by atoms with Crippen LogP contribution in [0.25, 0.3) is 11.0 Å². The molecule has 1 atom stereocenters. The lowest BCUT2D eigenvalue weighted by Gasteiger charge is -2.21. The number of fused-ring (bicyclic) bond motifs is 1. The molecule has 0 saturated carbocycles. The van der Waals surface area contributed by atoms with Crippen molar-refractivity contribution in [2.75, 3.05) is 17.7 Å². The van der Waals surface area contributed by atoms with Crippen LogP contribution in [0.4, 0.5) is 25.6 Å². The Morgan fingerprint density at radius 1 is 1.17 bits per heavy atom. The Balaban J connectivity index is 1.73. The number of hydrogen-bond donors (Lipinski definition) is 3. The summed E-state index contributed by atoms with van der Waals surface area (Å²) < 4.78 is 24.0. The number of aryl methyl sites for hydroxylation is 1. The Kier molecular flexibility index (Phi) is 6.14. The summed E-state index contributed by atoms with van der Waals surface area (Å²) in [6, 6.07) is 3.38. The maximum Gasteiger partial charge on any atom is 0.413 e. The van der Waals surface area contributed by atoms with Gasteiger partial charge in [-0.2, -0.15) is 0 Å². The number of nitrogens with one attached hydrogen (secondary N) is 3. The number of halogens is 1. The predicted molar refractivity (Wildman–Crippen MR) is 109 cm³/mol. The number of furan rings is 1. The topological polar surface area (TPSA) is 118 Å². The Morgan fingerprint density at radius 3 is 2.50 bits per heavy atom. The highest BCUT2D eigenvalue weighted by atomic mass is 19.1. The van der Waals surface area contributed by atoms with Crippen molar-refractivity contribution in [2.24, 2.45) is 5.92 Å². The molecule has 10 heteroatoms. The first kappa shape index (κ1) is 21.0. The maximum absolute atomic E-state index is 13.6. The van der Waals surface area contributed by atoms with E-state index in [1.165, 1.54) is 31.6 Å². The van der Waals surface area contributed by atoms with Crippen molar-refractivity contribution >= 4 is 34.7 Å². The van der Waals surface area contributed by atoms with E-state index in [1.807, 2.05) is 20.8 Å². The molecule has 3 amide bonds. The Bertz CT molecular complexity index is 1060. The van der Waals surface area contributed by atoms with Gasteiger partial charge in [-0.1, -0.05) is 13.8 Å². The highest BCUT2D eigenvalue weighted by molar-refractivity contribution is 5.90. The minimum atomic E-state index is -0.700. The van der Waals surface area contributed by atoms with Crippen molar-refractivity contribution in [2.45, 2.75) is 26.8 Å². The molecule has 0 bridgehead atoms. The second-order valence-electron chi connectivity index (χ2n) is 6.96. The first-order chi connectivity index (χ1) is 14.3. The SMILES string of the molecule is COC(=O)Nc1ncc(NC(=O)NC(c2oc3ccc(F)cc3c2C)C(C)C)cn1. The highest BCUT2D eigenvalue weighted by Crippen LogP contribution is 2.33. The van der Waals surface area contributed by atoms with Crippen LogP contribution < -0.4 is 16.0 Å². The van der Waals surface area contributed by atoms with Crippen LogP contribution in [-0.2, 0) is 4.74 Å². The van der Waals surface area contributed by atoms with Gasteiger partial charge in [-0.25, -0.2) is 23.9 Å². The number of amides is 3. The fourth-order valence-electron chi connectivity index (χ4n) is 2.95. The van der Waals surface area contributed by atoms with Gasteiger partial charge in [0.2, 0.25) is 5.95 Å². The largest absolute Gasteiger partial charge is 0.459 e. The molecule has 3 N–H and O–H groups in total. The van der Waals surface area contributed by atoms with Gasteiger partial charge in [0.15, 0.2) is 0 Å². The molecule has 1 aromatic carbocycles. The second-order valence-corrected chi connectivity index (χ2v) is 6.96. The lowest BCUT2D eigenvalue weighted by Crippen LogP contribution is -2.35. The summed E-state index contributed by atoms with van der Waals surface area (Å²) in [5.74, 6) is 0.255. The van der Waals surface area contributed by atoms with Crippen molar-refractivity contribution in [3.8, 4) is 0 Å². The molecule has 2 heterocycles. The third-order valence-electron chi connectivity index (χ3n) is 4.48. The zero-order valence-electron chi connectivity index (χ0n) is 16.9. The van der Waals surface area contributed by atoms with E-state index in [1.54, 1.807) is 6.07 Å². The minimum absolute atomic E-state index is 0.00254. The first-order valence-electron chi connectivity index (χ1n) is 9.21. The Labute approximate surface area is 172 Å². The molecule has 0 spiro atoms. The second kappa shape index (κ2) is 8.76. The van der Waals surface area contributed by atoms with Gasteiger partial charge in [0.05, 0.1) is 31.2 Å². The monoisotopic (exact) mass is 415 g/mol. The van der Waals surface area contributed by atoms with Crippen molar-refractivity contribution < 1.29 is 23.1 Å². The van der Waals surface area contributed by atoms with E-state index < -0.39 is 18.2 Å². The highest BCUT2D eigenvalue weighted by Gasteiger charge is 2.25. The molecule has 0 fully saturated rings. The smallest absolute Gasteiger partial charge is 0.413 e. The van der Waals surface area contributed by atoms with Crippen molar-refractivity contribution in [3.05, 3.63) is 47.7 Å². The van der Waals surface area contributed by atoms with E-state index in [4.69, 9.17) is 4.42 Å². The van der Waals surface area contributed by atoms with E-state index in [-0.39, 0.29) is 17.7 Å². The predicted octanol–water partition coefficient (Wildman–Crippen LogP) is 4.37. The van der Waals surface area contributed by atoms with Gasteiger partial charge in [-0.05, 0) is 31.0 Å². The summed E-state index contributed by atoms with van der Waals surface area (Å²) in [6.07, 6.45) is 1.99. The number of aromatic nitrogens is 2.